The SMILES string of the molecule is Ic1cc2cccccc-2c1. The van der Waals surface area contributed by atoms with Crippen LogP contribution in [0, 0.1) is 3.57 Å². The first-order chi connectivity index (χ1) is 5.36. The molecule has 0 fully saturated rings. The van der Waals surface area contributed by atoms with Crippen LogP contribution in [0.1, 0.15) is 0 Å². The molecule has 54 valence electrons. The molecule has 0 nitrogen and oxygen atoms in total. The summed E-state index contributed by atoms with van der Waals surface area (Å²) in [5.74, 6) is 0. The Morgan fingerprint density at radius 3 is 1.91 bits per heavy atom. The molecule has 1 heteroatoms. The van der Waals surface area contributed by atoms with Gasteiger partial charge >= 0.3 is 0 Å². The Morgan fingerprint density at radius 2 is 1.36 bits per heavy atom. The van der Waals surface area contributed by atoms with E-state index >= 15 is 0 Å². The highest BCUT2D eigenvalue weighted by atomic mass is 127. The molecule has 0 aliphatic heterocycles. The predicted molar refractivity (Wildman–Crippen MR) is 55.8 cm³/mol. The zero-order valence-electron chi connectivity index (χ0n) is 5.92. The van der Waals surface area contributed by atoms with E-state index in [1.165, 1.54) is 14.7 Å². The first-order valence-electron chi connectivity index (χ1n) is 3.50. The van der Waals surface area contributed by atoms with Crippen molar-refractivity contribution in [1.82, 2.24) is 0 Å². The van der Waals surface area contributed by atoms with E-state index < -0.39 is 0 Å². The molecule has 0 atom stereocenters. The minimum atomic E-state index is 1.31. The molecule has 0 radical (unpaired) electrons. The van der Waals surface area contributed by atoms with Gasteiger partial charge < -0.3 is 0 Å². The fourth-order valence-electron chi connectivity index (χ4n) is 1.18. The molecule has 0 saturated heterocycles. The Bertz CT molecular complexity index is 310. The van der Waals surface area contributed by atoms with Gasteiger partial charge in [-0.05, 0) is 45.9 Å². The molecule has 2 aliphatic rings. The minimum absolute atomic E-state index is 1.31. The topological polar surface area (TPSA) is 0 Å². The van der Waals surface area contributed by atoms with Crippen LogP contribution in [0.3, 0.4) is 0 Å². The monoisotopic (exact) mass is 254 g/mol. The van der Waals surface area contributed by atoms with E-state index in [9.17, 15) is 0 Å². The van der Waals surface area contributed by atoms with Gasteiger partial charge in [-0.3, -0.25) is 0 Å². The van der Waals surface area contributed by atoms with E-state index in [1.807, 2.05) is 6.07 Å². The lowest BCUT2D eigenvalue weighted by molar-refractivity contribution is 1.83. The third-order valence-corrected chi connectivity index (χ3v) is 2.32. The van der Waals surface area contributed by atoms with Gasteiger partial charge in [-0.1, -0.05) is 30.3 Å². The standard InChI is InChI=1S/C10H7I/c11-10-6-8-4-2-1-3-5-9(8)7-10/h1-7H. The zero-order valence-corrected chi connectivity index (χ0v) is 8.08. The summed E-state index contributed by atoms with van der Waals surface area (Å²) in [5, 5.41) is 0. The maximum atomic E-state index is 2.34. The first-order valence-corrected chi connectivity index (χ1v) is 4.58. The summed E-state index contributed by atoms with van der Waals surface area (Å²) >= 11 is 2.34. The van der Waals surface area contributed by atoms with Crippen molar-refractivity contribution in [3.63, 3.8) is 0 Å². The first kappa shape index (κ1) is 7.10. The molecule has 0 heterocycles. The van der Waals surface area contributed by atoms with Gasteiger partial charge in [0.1, 0.15) is 0 Å². The third-order valence-electron chi connectivity index (χ3n) is 1.69. The highest BCUT2D eigenvalue weighted by Gasteiger charge is 2.00. The van der Waals surface area contributed by atoms with Gasteiger partial charge in [-0.15, -0.1) is 0 Å². The highest BCUT2D eigenvalue weighted by Crippen LogP contribution is 2.25. The summed E-state index contributed by atoms with van der Waals surface area (Å²) in [4.78, 5) is 0. The number of hydrogen-bond acceptors (Lipinski definition) is 0. The van der Waals surface area contributed by atoms with Crippen molar-refractivity contribution in [3.05, 3.63) is 46.0 Å². The molecular formula is C10H7I. The molecule has 0 aromatic carbocycles. The summed E-state index contributed by atoms with van der Waals surface area (Å²) in [6, 6.07) is 14.8. The van der Waals surface area contributed by atoms with Crippen molar-refractivity contribution in [2.24, 2.45) is 0 Å². The van der Waals surface area contributed by atoms with E-state index in [0.29, 0.717) is 0 Å². The van der Waals surface area contributed by atoms with Crippen molar-refractivity contribution in [1.29, 1.82) is 0 Å². The Kier molecular flexibility index (Phi) is 1.82. The molecule has 11 heavy (non-hydrogen) atoms. The maximum absolute atomic E-state index is 2.34. The van der Waals surface area contributed by atoms with Crippen molar-refractivity contribution in [2.75, 3.05) is 0 Å². The van der Waals surface area contributed by atoms with Crippen LogP contribution in [-0.2, 0) is 0 Å². The molecule has 0 bridgehead atoms. The summed E-state index contributed by atoms with van der Waals surface area (Å²) in [7, 11) is 0. The highest BCUT2D eigenvalue weighted by molar-refractivity contribution is 14.1. The summed E-state index contributed by atoms with van der Waals surface area (Å²) < 4.78 is 1.31. The maximum Gasteiger partial charge on any atom is 0.0142 e. The summed E-state index contributed by atoms with van der Waals surface area (Å²) in [6.07, 6.45) is 0. The van der Waals surface area contributed by atoms with Crippen LogP contribution in [0.25, 0.3) is 11.1 Å². The number of halogens is 1. The average molecular weight is 254 g/mol. The Labute approximate surface area is 79.7 Å². The lowest BCUT2D eigenvalue weighted by Crippen LogP contribution is -1.59. The van der Waals surface area contributed by atoms with E-state index in [-0.39, 0.29) is 0 Å². The molecule has 2 aliphatic carbocycles. The molecule has 0 saturated carbocycles. The zero-order chi connectivity index (χ0) is 7.68. The summed E-state index contributed by atoms with van der Waals surface area (Å²) in [6.45, 7) is 0. The normalized spacial score (nSPS) is 10.3. The Hall–Kier alpha value is -0.570. The number of fused-ring (bicyclic) bond motifs is 1. The fraction of sp³-hybridized carbons (Fsp3) is 0. The van der Waals surface area contributed by atoms with Gasteiger partial charge in [0.25, 0.3) is 0 Å². The van der Waals surface area contributed by atoms with Crippen LogP contribution >= 0.6 is 22.6 Å². The van der Waals surface area contributed by atoms with E-state index in [2.05, 4.69) is 59.0 Å². The van der Waals surface area contributed by atoms with Gasteiger partial charge in [-0.2, -0.15) is 0 Å². The van der Waals surface area contributed by atoms with Crippen molar-refractivity contribution in [2.45, 2.75) is 0 Å². The average Bonchev–Trinajstić information content (AvgIpc) is 2.17. The Morgan fingerprint density at radius 1 is 0.818 bits per heavy atom. The largest absolute Gasteiger partial charge is 0.0622 e. The van der Waals surface area contributed by atoms with Crippen LogP contribution in [0.5, 0.6) is 0 Å². The molecule has 0 amide bonds. The number of hydrogen-bond donors (Lipinski definition) is 0. The van der Waals surface area contributed by atoms with E-state index in [1.54, 1.807) is 0 Å². The minimum Gasteiger partial charge on any atom is -0.0622 e. The van der Waals surface area contributed by atoms with Crippen LogP contribution in [0.4, 0.5) is 0 Å². The fourth-order valence-corrected chi connectivity index (χ4v) is 1.85. The van der Waals surface area contributed by atoms with Crippen molar-refractivity contribution < 1.29 is 0 Å². The second-order valence-electron chi connectivity index (χ2n) is 2.49. The second-order valence-corrected chi connectivity index (χ2v) is 3.74. The van der Waals surface area contributed by atoms with Crippen LogP contribution < -0.4 is 0 Å². The molecule has 0 aromatic rings. The quantitative estimate of drug-likeness (QED) is 0.632. The molecular weight excluding hydrogens is 247 g/mol. The van der Waals surface area contributed by atoms with Crippen LogP contribution in [0.15, 0.2) is 42.5 Å². The Balaban J connectivity index is 2.73. The van der Waals surface area contributed by atoms with Gasteiger partial charge in [0.2, 0.25) is 0 Å². The number of rotatable bonds is 0. The molecule has 2 rings (SSSR count). The van der Waals surface area contributed by atoms with Gasteiger partial charge in [0.05, 0.1) is 0 Å². The molecule has 0 N–H and O–H groups in total. The molecule has 0 unspecified atom stereocenters. The lowest BCUT2D eigenvalue weighted by atomic mass is 10.2. The van der Waals surface area contributed by atoms with Gasteiger partial charge in [-0.25, -0.2) is 0 Å². The molecule has 0 spiro atoms. The molecule has 0 aromatic heterocycles. The van der Waals surface area contributed by atoms with E-state index in [4.69, 9.17) is 0 Å². The van der Waals surface area contributed by atoms with Gasteiger partial charge in [0.15, 0.2) is 0 Å². The summed E-state index contributed by atoms with van der Waals surface area (Å²) in [5.41, 5.74) is 2.64. The van der Waals surface area contributed by atoms with Crippen LogP contribution in [-0.4, -0.2) is 0 Å². The lowest BCUT2D eigenvalue weighted by Gasteiger charge is -1.85. The predicted octanol–water partition coefficient (Wildman–Crippen LogP) is 3.40. The van der Waals surface area contributed by atoms with Crippen molar-refractivity contribution >= 4 is 22.6 Å². The smallest absolute Gasteiger partial charge is 0.0142 e. The van der Waals surface area contributed by atoms with Crippen LogP contribution in [0.2, 0.25) is 0 Å². The second kappa shape index (κ2) is 2.81. The third kappa shape index (κ3) is 1.38. The van der Waals surface area contributed by atoms with Crippen molar-refractivity contribution in [3.8, 4) is 11.1 Å². The van der Waals surface area contributed by atoms with E-state index in [0.717, 1.165) is 0 Å². The van der Waals surface area contributed by atoms with Gasteiger partial charge in [0, 0.05) is 3.57 Å².